The molecule has 2 aromatic rings. The summed E-state index contributed by atoms with van der Waals surface area (Å²) in [5.74, 6) is 0.802. The molecule has 1 fully saturated rings. The maximum Gasteiger partial charge on any atom is 0.269 e. The van der Waals surface area contributed by atoms with E-state index in [4.69, 9.17) is 4.74 Å². The summed E-state index contributed by atoms with van der Waals surface area (Å²) in [7, 11) is 1.76. The van der Waals surface area contributed by atoms with Gasteiger partial charge in [-0.1, -0.05) is 35.9 Å². The van der Waals surface area contributed by atoms with E-state index >= 15 is 0 Å². The minimum absolute atomic E-state index is 0.00674. The van der Waals surface area contributed by atoms with Crippen LogP contribution in [0, 0.1) is 24.0 Å². The lowest BCUT2D eigenvalue weighted by Gasteiger charge is -2.35. The van der Waals surface area contributed by atoms with Gasteiger partial charge in [-0.05, 0) is 30.5 Å². The van der Waals surface area contributed by atoms with Crippen molar-refractivity contribution in [1.82, 2.24) is 10.2 Å². The number of aryl methyl sites for hydroxylation is 2. The second kappa shape index (κ2) is 8.84. The second-order valence-electron chi connectivity index (χ2n) is 6.99. The molecule has 1 heterocycles. The van der Waals surface area contributed by atoms with Crippen LogP contribution in [0.15, 0.2) is 47.5 Å². The fourth-order valence-electron chi connectivity index (χ4n) is 3.47. The van der Waals surface area contributed by atoms with Crippen molar-refractivity contribution in [3.63, 3.8) is 0 Å². The van der Waals surface area contributed by atoms with Gasteiger partial charge in [-0.15, -0.1) is 0 Å². The molecule has 3 rings (SSSR count). The van der Waals surface area contributed by atoms with Gasteiger partial charge in [0.1, 0.15) is 6.10 Å². The van der Waals surface area contributed by atoms with E-state index in [1.807, 2.05) is 0 Å². The molecule has 0 aliphatic carbocycles. The number of nitrogens with zero attached hydrogens (tertiary/aromatic N) is 3. The van der Waals surface area contributed by atoms with E-state index in [0.717, 1.165) is 24.6 Å². The smallest absolute Gasteiger partial charge is 0.269 e. The van der Waals surface area contributed by atoms with Crippen molar-refractivity contribution < 1.29 is 9.66 Å². The number of nitro benzene ring substituents is 1. The predicted molar refractivity (Wildman–Crippen MR) is 109 cm³/mol. The Labute approximate surface area is 165 Å². The first-order valence-corrected chi connectivity index (χ1v) is 9.35. The Morgan fingerprint density at radius 1 is 1.29 bits per heavy atom. The van der Waals surface area contributed by atoms with Gasteiger partial charge in [0.15, 0.2) is 5.96 Å². The Kier molecular flexibility index (Phi) is 6.26. The third-order valence-electron chi connectivity index (χ3n) is 4.95. The molecule has 7 heteroatoms. The van der Waals surface area contributed by atoms with Crippen LogP contribution in [0.4, 0.5) is 5.69 Å². The van der Waals surface area contributed by atoms with Crippen LogP contribution in [0.2, 0.25) is 0 Å². The van der Waals surface area contributed by atoms with Crippen LogP contribution in [0.3, 0.4) is 0 Å². The minimum Gasteiger partial charge on any atom is -0.370 e. The molecule has 0 saturated carbocycles. The molecule has 0 amide bonds. The number of ether oxygens (including phenoxy) is 1. The van der Waals surface area contributed by atoms with Crippen LogP contribution in [0.5, 0.6) is 0 Å². The van der Waals surface area contributed by atoms with Crippen LogP contribution in [0.25, 0.3) is 0 Å². The molecule has 0 aromatic heterocycles. The van der Waals surface area contributed by atoms with Crippen molar-refractivity contribution in [3.05, 3.63) is 74.8 Å². The quantitative estimate of drug-likeness (QED) is 0.380. The maximum absolute atomic E-state index is 10.8. The maximum atomic E-state index is 10.8. The van der Waals surface area contributed by atoms with Crippen molar-refractivity contribution in [2.75, 3.05) is 26.7 Å². The summed E-state index contributed by atoms with van der Waals surface area (Å²) in [5.41, 5.74) is 4.75. The lowest BCUT2D eigenvalue weighted by Crippen LogP contribution is -2.48. The average molecular weight is 382 g/mol. The van der Waals surface area contributed by atoms with E-state index in [-0.39, 0.29) is 11.8 Å². The number of benzene rings is 2. The molecule has 0 radical (unpaired) electrons. The summed E-state index contributed by atoms with van der Waals surface area (Å²) in [6.07, 6.45) is 0.00674. The highest BCUT2D eigenvalue weighted by molar-refractivity contribution is 5.80. The van der Waals surface area contributed by atoms with Gasteiger partial charge in [-0.25, -0.2) is 0 Å². The molecular weight excluding hydrogens is 356 g/mol. The number of nitrogens with one attached hydrogen (secondary N) is 1. The standard InChI is InChI=1S/C21H26N4O3/c1-15-4-9-19(16(2)12-15)20-14-24(10-11-28-20)21(22-3)23-13-17-5-7-18(8-6-17)25(26)27/h4-9,12,20H,10-11,13-14H2,1-3H3,(H,22,23). The van der Waals surface area contributed by atoms with Gasteiger partial charge in [0, 0.05) is 32.3 Å². The van der Waals surface area contributed by atoms with E-state index in [2.05, 4.69) is 47.3 Å². The molecule has 1 atom stereocenters. The van der Waals surface area contributed by atoms with Gasteiger partial charge in [-0.2, -0.15) is 0 Å². The molecule has 0 spiro atoms. The Hall–Kier alpha value is -2.93. The summed E-state index contributed by atoms with van der Waals surface area (Å²) in [5, 5.41) is 14.1. The van der Waals surface area contributed by atoms with Gasteiger partial charge in [-0.3, -0.25) is 15.1 Å². The molecule has 1 N–H and O–H groups in total. The number of morpholine rings is 1. The predicted octanol–water partition coefficient (Wildman–Crippen LogP) is 3.36. The van der Waals surface area contributed by atoms with Gasteiger partial charge in [0.2, 0.25) is 0 Å². The SMILES string of the molecule is CN=C(NCc1ccc([N+](=O)[O-])cc1)N1CCOC(c2ccc(C)cc2C)C1. The lowest BCUT2D eigenvalue weighted by atomic mass is 10.00. The zero-order chi connectivity index (χ0) is 20.1. The van der Waals surface area contributed by atoms with Crippen molar-refractivity contribution in [3.8, 4) is 0 Å². The molecule has 1 unspecified atom stereocenters. The zero-order valence-electron chi connectivity index (χ0n) is 16.5. The average Bonchev–Trinajstić information content (AvgIpc) is 2.69. The van der Waals surface area contributed by atoms with Crippen molar-refractivity contribution >= 4 is 11.6 Å². The number of nitro groups is 1. The van der Waals surface area contributed by atoms with Gasteiger partial charge in [0.25, 0.3) is 5.69 Å². The molecule has 2 aromatic carbocycles. The van der Waals surface area contributed by atoms with E-state index in [9.17, 15) is 10.1 Å². The number of guanidine groups is 1. The monoisotopic (exact) mass is 382 g/mol. The first kappa shape index (κ1) is 19.8. The highest BCUT2D eigenvalue weighted by Gasteiger charge is 2.25. The van der Waals surface area contributed by atoms with Crippen LogP contribution < -0.4 is 5.32 Å². The molecular formula is C21H26N4O3. The number of aliphatic imine (C=N–C) groups is 1. The molecule has 1 aliphatic heterocycles. The van der Waals surface area contributed by atoms with E-state index in [0.29, 0.717) is 13.2 Å². The van der Waals surface area contributed by atoms with E-state index in [1.54, 1.807) is 19.2 Å². The fourth-order valence-corrected chi connectivity index (χ4v) is 3.47. The second-order valence-corrected chi connectivity index (χ2v) is 6.99. The van der Waals surface area contributed by atoms with Gasteiger partial charge < -0.3 is 15.0 Å². The summed E-state index contributed by atoms with van der Waals surface area (Å²) in [6, 6.07) is 13.0. The molecule has 0 bridgehead atoms. The van der Waals surface area contributed by atoms with Crippen molar-refractivity contribution in [2.24, 2.45) is 4.99 Å². The summed E-state index contributed by atoms with van der Waals surface area (Å²) in [4.78, 5) is 17.0. The number of hydrogen-bond acceptors (Lipinski definition) is 4. The largest absolute Gasteiger partial charge is 0.370 e. The Morgan fingerprint density at radius 3 is 2.68 bits per heavy atom. The molecule has 1 aliphatic rings. The first-order chi connectivity index (χ1) is 13.5. The number of non-ortho nitro benzene ring substituents is 1. The molecule has 28 heavy (non-hydrogen) atoms. The van der Waals surface area contributed by atoms with Crippen LogP contribution in [-0.4, -0.2) is 42.5 Å². The van der Waals surface area contributed by atoms with E-state index in [1.165, 1.54) is 28.8 Å². The zero-order valence-corrected chi connectivity index (χ0v) is 16.5. The van der Waals surface area contributed by atoms with E-state index < -0.39 is 4.92 Å². The Balaban J connectivity index is 1.64. The number of hydrogen-bond donors (Lipinski definition) is 1. The van der Waals surface area contributed by atoms with Crippen molar-refractivity contribution in [1.29, 1.82) is 0 Å². The Bertz CT molecular complexity index is 864. The van der Waals surface area contributed by atoms with Crippen LogP contribution >= 0.6 is 0 Å². The highest BCUT2D eigenvalue weighted by Crippen LogP contribution is 2.26. The van der Waals surface area contributed by atoms with Crippen molar-refractivity contribution in [2.45, 2.75) is 26.5 Å². The molecule has 148 valence electrons. The van der Waals surface area contributed by atoms with Crippen LogP contribution in [-0.2, 0) is 11.3 Å². The Morgan fingerprint density at radius 2 is 2.04 bits per heavy atom. The number of rotatable bonds is 4. The minimum atomic E-state index is -0.392. The summed E-state index contributed by atoms with van der Waals surface area (Å²) in [6.45, 7) is 6.89. The summed E-state index contributed by atoms with van der Waals surface area (Å²) < 4.78 is 6.02. The topological polar surface area (TPSA) is 80.0 Å². The molecule has 1 saturated heterocycles. The van der Waals surface area contributed by atoms with Gasteiger partial charge >= 0.3 is 0 Å². The lowest BCUT2D eigenvalue weighted by molar-refractivity contribution is -0.384. The third kappa shape index (κ3) is 4.67. The van der Waals surface area contributed by atoms with Crippen LogP contribution in [0.1, 0.15) is 28.4 Å². The first-order valence-electron chi connectivity index (χ1n) is 9.35. The third-order valence-corrected chi connectivity index (χ3v) is 4.95. The normalized spacial score (nSPS) is 17.5. The summed E-state index contributed by atoms with van der Waals surface area (Å²) >= 11 is 0. The fraction of sp³-hybridized carbons (Fsp3) is 0.381. The molecule has 7 nitrogen and oxygen atoms in total. The highest BCUT2D eigenvalue weighted by atomic mass is 16.6. The van der Waals surface area contributed by atoms with Gasteiger partial charge in [0.05, 0.1) is 18.1 Å².